The van der Waals surface area contributed by atoms with Crippen molar-refractivity contribution in [1.29, 1.82) is 0 Å². The van der Waals surface area contributed by atoms with Gasteiger partial charge in [-0.15, -0.1) is 0 Å². The second kappa shape index (κ2) is 7.15. The first kappa shape index (κ1) is 17.0. The number of benzene rings is 2. The molecule has 1 N–H and O–H groups in total. The van der Waals surface area contributed by atoms with Crippen LogP contribution < -0.4 is 10.1 Å². The third-order valence-corrected chi connectivity index (χ3v) is 5.60. The molecule has 0 spiro atoms. The van der Waals surface area contributed by atoms with Gasteiger partial charge in [0, 0.05) is 42.2 Å². The van der Waals surface area contributed by atoms with Crippen LogP contribution in [-0.4, -0.2) is 29.1 Å². The van der Waals surface area contributed by atoms with Gasteiger partial charge in [-0.05, 0) is 30.9 Å². The summed E-state index contributed by atoms with van der Waals surface area (Å²) in [6.07, 6.45) is 4.35. The summed E-state index contributed by atoms with van der Waals surface area (Å²) in [5, 5.41) is 8.43. The normalized spacial score (nSPS) is 20.6. The van der Waals surface area contributed by atoms with Gasteiger partial charge in [-0.1, -0.05) is 36.4 Å². The average molecular weight is 372 g/mol. The molecule has 1 aliphatic carbocycles. The van der Waals surface area contributed by atoms with Crippen LogP contribution in [0.5, 0.6) is 5.75 Å². The van der Waals surface area contributed by atoms with Crippen molar-refractivity contribution in [2.45, 2.75) is 32.0 Å². The molecule has 2 aliphatic rings. The first-order valence-electron chi connectivity index (χ1n) is 9.85. The molecule has 1 aliphatic heterocycles. The number of rotatable bonds is 4. The highest BCUT2D eigenvalue weighted by atomic mass is 16.5. The number of anilines is 1. The zero-order chi connectivity index (χ0) is 18.9. The van der Waals surface area contributed by atoms with Gasteiger partial charge in [0.1, 0.15) is 12.4 Å². The number of ether oxygens (including phenoxy) is 1. The van der Waals surface area contributed by atoms with Gasteiger partial charge in [0.15, 0.2) is 0 Å². The van der Waals surface area contributed by atoms with Crippen molar-refractivity contribution in [3.63, 3.8) is 0 Å². The molecule has 0 unspecified atom stereocenters. The first-order chi connectivity index (χ1) is 13.8. The highest BCUT2D eigenvalue weighted by Crippen LogP contribution is 2.33. The van der Waals surface area contributed by atoms with E-state index in [2.05, 4.69) is 57.6 Å². The van der Waals surface area contributed by atoms with Crippen LogP contribution in [0.3, 0.4) is 0 Å². The number of hydrogen-bond donors (Lipinski definition) is 1. The molecule has 0 atom stereocenters. The summed E-state index contributed by atoms with van der Waals surface area (Å²) in [7, 11) is 1.85. The molecular formula is C23H24N4O. The van der Waals surface area contributed by atoms with E-state index in [4.69, 9.17) is 9.84 Å². The van der Waals surface area contributed by atoms with Gasteiger partial charge in [-0.2, -0.15) is 5.10 Å². The topological polar surface area (TPSA) is 51.4 Å². The van der Waals surface area contributed by atoms with Crippen molar-refractivity contribution < 1.29 is 4.74 Å². The maximum atomic E-state index is 6.14. The van der Waals surface area contributed by atoms with E-state index in [0.29, 0.717) is 18.6 Å². The fourth-order valence-electron chi connectivity index (χ4n) is 4.03. The molecule has 28 heavy (non-hydrogen) atoms. The summed E-state index contributed by atoms with van der Waals surface area (Å²) in [6, 6.07) is 19.4. The smallest absolute Gasteiger partial charge is 0.130 e. The minimum atomic E-state index is 0.524. The Morgan fingerprint density at radius 1 is 1.14 bits per heavy atom. The van der Waals surface area contributed by atoms with E-state index in [-0.39, 0.29) is 0 Å². The predicted molar refractivity (Wildman–Crippen MR) is 112 cm³/mol. The second-order valence-electron chi connectivity index (χ2n) is 7.64. The lowest BCUT2D eigenvalue weighted by atomic mass is 9.81. The van der Waals surface area contributed by atoms with Crippen LogP contribution in [0.1, 0.15) is 24.1 Å². The maximum absolute atomic E-state index is 6.14. The molecule has 2 aromatic carbocycles. The second-order valence-corrected chi connectivity index (χ2v) is 7.64. The molecule has 5 heteroatoms. The Morgan fingerprint density at radius 2 is 2.00 bits per heavy atom. The van der Waals surface area contributed by atoms with Crippen LogP contribution in [0, 0.1) is 5.92 Å². The molecule has 5 rings (SSSR count). The highest BCUT2D eigenvalue weighted by Gasteiger charge is 2.27. The van der Waals surface area contributed by atoms with Crippen LogP contribution in [0.2, 0.25) is 0 Å². The molecule has 3 aromatic rings. The molecule has 0 saturated heterocycles. The van der Waals surface area contributed by atoms with Crippen LogP contribution in [0.15, 0.2) is 59.6 Å². The zero-order valence-corrected chi connectivity index (χ0v) is 16.0. The van der Waals surface area contributed by atoms with Gasteiger partial charge in [0.25, 0.3) is 0 Å². The number of fused-ring (bicyclic) bond motifs is 2. The minimum Gasteiger partial charge on any atom is -0.487 e. The number of aliphatic imine (C=N–C) groups is 1. The van der Waals surface area contributed by atoms with Crippen molar-refractivity contribution in [3.05, 3.63) is 65.9 Å². The van der Waals surface area contributed by atoms with E-state index in [0.717, 1.165) is 53.3 Å². The van der Waals surface area contributed by atoms with E-state index < -0.39 is 0 Å². The Balaban J connectivity index is 1.31. The van der Waals surface area contributed by atoms with E-state index in [1.165, 1.54) is 0 Å². The largest absolute Gasteiger partial charge is 0.487 e. The van der Waals surface area contributed by atoms with Gasteiger partial charge in [-0.25, -0.2) is 0 Å². The van der Waals surface area contributed by atoms with Crippen LogP contribution >= 0.6 is 0 Å². The zero-order valence-electron chi connectivity index (χ0n) is 16.0. The summed E-state index contributed by atoms with van der Waals surface area (Å²) in [5.41, 5.74) is 5.52. The standard InChI is InChI=1S/C23H24N4O/c1-24-13-16-9-20(10-16)25-19-8-7-18-14-27-21(15-28-23(18)11-19)12-22(26-27)17-5-3-2-4-6-17/h2-8,11-13,16,20,25H,9-10,14-15H2,1H3. The SMILES string of the molecule is CN=CC1CC(Nc2ccc3c(c2)OCc2cc(-c4ccccc4)nn2C3)C1. The van der Waals surface area contributed by atoms with Crippen molar-refractivity contribution >= 4 is 11.9 Å². The van der Waals surface area contributed by atoms with Gasteiger partial charge >= 0.3 is 0 Å². The lowest BCUT2D eigenvalue weighted by Gasteiger charge is -2.34. The van der Waals surface area contributed by atoms with Crippen molar-refractivity contribution in [3.8, 4) is 17.0 Å². The summed E-state index contributed by atoms with van der Waals surface area (Å²) >= 11 is 0. The number of aromatic nitrogens is 2. The Kier molecular flexibility index (Phi) is 4.35. The van der Waals surface area contributed by atoms with Crippen LogP contribution in [0.4, 0.5) is 5.69 Å². The van der Waals surface area contributed by atoms with Crippen molar-refractivity contribution in [1.82, 2.24) is 9.78 Å². The van der Waals surface area contributed by atoms with Gasteiger partial charge in [-0.3, -0.25) is 4.68 Å². The molecule has 0 radical (unpaired) electrons. The molecular weight excluding hydrogens is 348 g/mol. The Morgan fingerprint density at radius 3 is 2.82 bits per heavy atom. The fraction of sp³-hybridized carbons (Fsp3) is 0.304. The fourth-order valence-corrected chi connectivity index (χ4v) is 4.03. The van der Waals surface area contributed by atoms with Crippen molar-refractivity contribution in [2.75, 3.05) is 12.4 Å². The minimum absolute atomic E-state index is 0.524. The highest BCUT2D eigenvalue weighted by molar-refractivity contribution is 5.63. The lowest BCUT2D eigenvalue weighted by molar-refractivity contribution is 0.301. The summed E-state index contributed by atoms with van der Waals surface area (Å²) in [5.74, 6) is 1.57. The molecule has 5 nitrogen and oxygen atoms in total. The molecule has 0 amide bonds. The van der Waals surface area contributed by atoms with E-state index in [1.807, 2.05) is 25.2 Å². The summed E-state index contributed by atoms with van der Waals surface area (Å²) < 4.78 is 8.19. The van der Waals surface area contributed by atoms with Crippen LogP contribution in [-0.2, 0) is 13.2 Å². The number of nitrogens with one attached hydrogen (secondary N) is 1. The summed E-state index contributed by atoms with van der Waals surface area (Å²) in [6.45, 7) is 1.27. The Bertz CT molecular complexity index is 1000. The van der Waals surface area contributed by atoms with E-state index >= 15 is 0 Å². The van der Waals surface area contributed by atoms with Gasteiger partial charge in [0.2, 0.25) is 0 Å². The quantitative estimate of drug-likeness (QED) is 0.692. The van der Waals surface area contributed by atoms with E-state index in [9.17, 15) is 0 Å². The first-order valence-corrected chi connectivity index (χ1v) is 9.85. The van der Waals surface area contributed by atoms with E-state index in [1.54, 1.807) is 0 Å². The Hall–Kier alpha value is -3.08. The molecule has 1 saturated carbocycles. The van der Waals surface area contributed by atoms with Gasteiger partial charge < -0.3 is 15.0 Å². The average Bonchev–Trinajstić information content (AvgIpc) is 3.02. The molecule has 0 bridgehead atoms. The number of nitrogens with zero attached hydrogens (tertiary/aromatic N) is 3. The molecule has 2 heterocycles. The third kappa shape index (κ3) is 3.28. The lowest BCUT2D eigenvalue weighted by Crippen LogP contribution is -2.36. The molecule has 1 aromatic heterocycles. The Labute approximate surface area is 165 Å². The molecule has 1 fully saturated rings. The molecule has 142 valence electrons. The number of hydrogen-bond acceptors (Lipinski definition) is 4. The van der Waals surface area contributed by atoms with Gasteiger partial charge in [0.05, 0.1) is 17.9 Å². The third-order valence-electron chi connectivity index (χ3n) is 5.60. The van der Waals surface area contributed by atoms with Crippen LogP contribution in [0.25, 0.3) is 11.3 Å². The predicted octanol–water partition coefficient (Wildman–Crippen LogP) is 4.38. The monoisotopic (exact) mass is 372 g/mol. The summed E-state index contributed by atoms with van der Waals surface area (Å²) in [4.78, 5) is 4.13. The van der Waals surface area contributed by atoms with Crippen molar-refractivity contribution in [2.24, 2.45) is 10.9 Å². The maximum Gasteiger partial charge on any atom is 0.130 e.